The maximum absolute atomic E-state index is 12.6. The van der Waals surface area contributed by atoms with Gasteiger partial charge in [-0.2, -0.15) is 8.42 Å². The zero-order chi connectivity index (χ0) is 20.5. The van der Waals surface area contributed by atoms with Crippen molar-refractivity contribution in [1.29, 1.82) is 0 Å². The van der Waals surface area contributed by atoms with Crippen LogP contribution >= 0.6 is 0 Å². The van der Waals surface area contributed by atoms with E-state index in [0.29, 0.717) is 0 Å². The highest BCUT2D eigenvalue weighted by Crippen LogP contribution is 2.39. The third-order valence-corrected chi connectivity index (χ3v) is 5.71. The molecule has 0 saturated heterocycles. The number of hydrogen-bond donors (Lipinski definition) is 2. The molecule has 0 saturated carbocycles. The molecule has 3 unspecified atom stereocenters. The van der Waals surface area contributed by atoms with E-state index in [1.54, 1.807) is 39.8 Å². The van der Waals surface area contributed by atoms with Crippen LogP contribution in [0.4, 0.5) is 4.79 Å². The average molecular weight is 394 g/mol. The Hall–Kier alpha value is -2.12. The molecule has 1 aromatic rings. The predicted octanol–water partition coefficient (Wildman–Crippen LogP) is 3.83. The van der Waals surface area contributed by atoms with Crippen molar-refractivity contribution in [3.05, 3.63) is 59.7 Å². The lowest BCUT2D eigenvalue weighted by Gasteiger charge is -2.43. The number of hydrogen-bond acceptors (Lipinski definition) is 4. The SMILES string of the molecule is CC1=CC(NC(=O)OC(C)(C)C)(C(C)c2ccccc2)C(S(=O)(=O)O)C=C1. The second-order valence-corrected chi connectivity index (χ2v) is 9.41. The van der Waals surface area contributed by atoms with E-state index in [1.807, 2.05) is 37.3 Å². The van der Waals surface area contributed by atoms with Gasteiger partial charge in [0.05, 0.1) is 5.54 Å². The highest BCUT2D eigenvalue weighted by molar-refractivity contribution is 7.86. The molecular formula is C20H27NO5S. The summed E-state index contributed by atoms with van der Waals surface area (Å²) in [5, 5.41) is 1.40. The first-order valence-electron chi connectivity index (χ1n) is 8.75. The lowest BCUT2D eigenvalue weighted by atomic mass is 9.74. The van der Waals surface area contributed by atoms with Gasteiger partial charge in [0.15, 0.2) is 0 Å². The van der Waals surface area contributed by atoms with E-state index in [4.69, 9.17) is 4.74 Å². The van der Waals surface area contributed by atoms with Gasteiger partial charge in [-0.3, -0.25) is 4.55 Å². The Morgan fingerprint density at radius 3 is 2.37 bits per heavy atom. The fourth-order valence-electron chi connectivity index (χ4n) is 3.34. The number of alkyl carbamates (subject to hydrolysis) is 1. The number of carbonyl (C=O) groups excluding carboxylic acids is 1. The number of amides is 1. The predicted molar refractivity (Wildman–Crippen MR) is 105 cm³/mol. The maximum Gasteiger partial charge on any atom is 0.408 e. The molecular weight excluding hydrogens is 366 g/mol. The first kappa shape index (κ1) is 21.2. The van der Waals surface area contributed by atoms with E-state index in [0.717, 1.165) is 11.1 Å². The summed E-state index contributed by atoms with van der Waals surface area (Å²) in [5.41, 5.74) is -0.566. The number of rotatable bonds is 4. The molecule has 2 rings (SSSR count). The topological polar surface area (TPSA) is 92.7 Å². The Morgan fingerprint density at radius 1 is 1.26 bits per heavy atom. The standard InChI is InChI=1S/C20H27NO5S/c1-14-11-12-17(27(23,24)25)20(13-14,21-18(22)26-19(3,4)5)15(2)16-9-7-6-8-10-16/h6-13,15,17H,1-5H3,(H,21,22)(H,23,24,25). The molecule has 1 aliphatic rings. The summed E-state index contributed by atoms with van der Waals surface area (Å²) in [6, 6.07) is 9.24. The van der Waals surface area contributed by atoms with Crippen LogP contribution in [0.5, 0.6) is 0 Å². The van der Waals surface area contributed by atoms with Crippen molar-refractivity contribution in [2.75, 3.05) is 0 Å². The number of nitrogens with one attached hydrogen (secondary N) is 1. The van der Waals surface area contributed by atoms with E-state index in [2.05, 4.69) is 5.32 Å². The first-order chi connectivity index (χ1) is 12.3. The molecule has 0 bridgehead atoms. The van der Waals surface area contributed by atoms with Crippen molar-refractivity contribution in [1.82, 2.24) is 5.32 Å². The summed E-state index contributed by atoms with van der Waals surface area (Å²) in [5.74, 6) is -0.460. The van der Waals surface area contributed by atoms with E-state index < -0.39 is 38.5 Å². The van der Waals surface area contributed by atoms with Gasteiger partial charge in [0, 0.05) is 5.92 Å². The van der Waals surface area contributed by atoms with Crippen molar-refractivity contribution in [3.8, 4) is 0 Å². The minimum absolute atomic E-state index is 0.460. The molecule has 2 N–H and O–H groups in total. The van der Waals surface area contributed by atoms with E-state index in [-0.39, 0.29) is 0 Å². The number of ether oxygens (including phenoxy) is 1. The summed E-state index contributed by atoms with van der Waals surface area (Å²) in [7, 11) is -4.50. The van der Waals surface area contributed by atoms with Crippen LogP contribution in [0, 0.1) is 0 Å². The van der Waals surface area contributed by atoms with Gasteiger partial charge in [-0.15, -0.1) is 0 Å². The third-order valence-electron chi connectivity index (χ3n) is 4.53. The molecule has 0 fully saturated rings. The van der Waals surface area contributed by atoms with Crippen molar-refractivity contribution >= 4 is 16.2 Å². The van der Waals surface area contributed by atoms with Gasteiger partial charge in [-0.25, -0.2) is 4.79 Å². The number of benzene rings is 1. The highest BCUT2D eigenvalue weighted by Gasteiger charge is 2.50. The van der Waals surface area contributed by atoms with Gasteiger partial charge in [-0.1, -0.05) is 61.1 Å². The van der Waals surface area contributed by atoms with Gasteiger partial charge >= 0.3 is 6.09 Å². The fraction of sp³-hybridized carbons (Fsp3) is 0.450. The average Bonchev–Trinajstić information content (AvgIpc) is 2.51. The van der Waals surface area contributed by atoms with Crippen LogP contribution < -0.4 is 5.32 Å². The molecule has 6 nitrogen and oxygen atoms in total. The van der Waals surface area contributed by atoms with Crippen LogP contribution in [0.1, 0.15) is 46.1 Å². The summed E-state index contributed by atoms with van der Waals surface area (Å²) >= 11 is 0. The molecule has 0 aliphatic heterocycles. The minimum atomic E-state index is -4.50. The molecule has 0 heterocycles. The lowest BCUT2D eigenvalue weighted by Crippen LogP contribution is -2.61. The first-order valence-corrected chi connectivity index (χ1v) is 10.3. The molecule has 1 aliphatic carbocycles. The van der Waals surface area contributed by atoms with Crippen LogP contribution in [-0.4, -0.2) is 35.5 Å². The van der Waals surface area contributed by atoms with Crippen molar-refractivity contribution in [2.45, 2.75) is 56.9 Å². The van der Waals surface area contributed by atoms with Crippen LogP contribution in [0.3, 0.4) is 0 Å². The Morgan fingerprint density at radius 2 is 1.85 bits per heavy atom. The minimum Gasteiger partial charge on any atom is -0.444 e. The molecule has 1 amide bonds. The molecule has 0 radical (unpaired) electrons. The third kappa shape index (κ3) is 4.99. The van der Waals surface area contributed by atoms with Crippen LogP contribution in [0.2, 0.25) is 0 Å². The van der Waals surface area contributed by atoms with Crippen LogP contribution in [-0.2, 0) is 14.9 Å². The summed E-state index contributed by atoms with van der Waals surface area (Å²) in [6.07, 6.45) is 3.94. The summed E-state index contributed by atoms with van der Waals surface area (Å²) in [4.78, 5) is 12.6. The number of carbonyl (C=O) groups is 1. The summed E-state index contributed by atoms with van der Waals surface area (Å²) < 4.78 is 39.7. The Balaban J connectivity index is 2.60. The Bertz CT molecular complexity index is 852. The van der Waals surface area contributed by atoms with Crippen molar-refractivity contribution in [3.63, 3.8) is 0 Å². The van der Waals surface area contributed by atoms with E-state index in [1.165, 1.54) is 6.08 Å². The van der Waals surface area contributed by atoms with E-state index in [9.17, 15) is 17.8 Å². The second kappa shape index (κ2) is 7.48. The van der Waals surface area contributed by atoms with Crippen molar-refractivity contribution in [2.24, 2.45) is 0 Å². The van der Waals surface area contributed by atoms with Crippen LogP contribution in [0.25, 0.3) is 0 Å². The lowest BCUT2D eigenvalue weighted by molar-refractivity contribution is 0.0467. The second-order valence-electron chi connectivity index (χ2n) is 7.88. The zero-order valence-electron chi connectivity index (χ0n) is 16.3. The van der Waals surface area contributed by atoms with Crippen molar-refractivity contribution < 1.29 is 22.5 Å². The Labute approximate surface area is 161 Å². The fourth-order valence-corrected chi connectivity index (χ4v) is 4.44. The largest absolute Gasteiger partial charge is 0.444 e. The number of allylic oxidation sites excluding steroid dienone is 2. The molecule has 3 atom stereocenters. The molecule has 148 valence electrons. The van der Waals surface area contributed by atoms with Gasteiger partial charge in [-0.05, 0) is 33.3 Å². The van der Waals surface area contributed by atoms with Gasteiger partial charge in [0.1, 0.15) is 10.9 Å². The summed E-state index contributed by atoms with van der Waals surface area (Å²) in [6.45, 7) is 8.79. The highest BCUT2D eigenvalue weighted by atomic mass is 32.2. The monoisotopic (exact) mass is 393 g/mol. The molecule has 1 aromatic carbocycles. The Kier molecular flexibility index (Phi) is 5.87. The molecule has 0 spiro atoms. The quantitative estimate of drug-likeness (QED) is 0.759. The van der Waals surface area contributed by atoms with Crippen LogP contribution in [0.15, 0.2) is 54.1 Å². The van der Waals surface area contributed by atoms with Gasteiger partial charge < -0.3 is 10.1 Å². The smallest absolute Gasteiger partial charge is 0.408 e. The normalized spacial score (nSPS) is 24.1. The molecule has 7 heteroatoms. The molecule has 0 aromatic heterocycles. The van der Waals surface area contributed by atoms with E-state index >= 15 is 0 Å². The maximum atomic E-state index is 12.6. The molecule has 27 heavy (non-hydrogen) atoms. The van der Waals surface area contributed by atoms with Gasteiger partial charge in [0.2, 0.25) is 0 Å². The zero-order valence-corrected chi connectivity index (χ0v) is 17.1. The van der Waals surface area contributed by atoms with Gasteiger partial charge in [0.25, 0.3) is 10.1 Å².